The molecule has 134 valence electrons. The monoisotopic (exact) mass is 347 g/mol. The number of piperidine rings is 1. The normalized spacial score (nSPS) is 16.2. The summed E-state index contributed by atoms with van der Waals surface area (Å²) >= 11 is 0. The van der Waals surface area contributed by atoms with Gasteiger partial charge in [-0.25, -0.2) is 4.79 Å². The predicted octanol–water partition coefficient (Wildman–Crippen LogP) is 4.56. The Kier molecular flexibility index (Phi) is 4.89. The Balaban J connectivity index is 1.43. The van der Waals surface area contributed by atoms with Gasteiger partial charge in [-0.1, -0.05) is 42.5 Å². The van der Waals surface area contributed by atoms with E-state index in [9.17, 15) is 4.79 Å². The molecule has 0 spiro atoms. The van der Waals surface area contributed by atoms with Crippen molar-refractivity contribution in [1.82, 2.24) is 4.90 Å². The molecule has 1 fully saturated rings. The molecule has 0 saturated carbocycles. The first-order chi connectivity index (χ1) is 12.7. The van der Waals surface area contributed by atoms with Gasteiger partial charge < -0.3 is 4.42 Å². The maximum absolute atomic E-state index is 11.9. The molecule has 2 heterocycles. The lowest BCUT2D eigenvalue weighted by Crippen LogP contribution is -2.34. The van der Waals surface area contributed by atoms with Crippen LogP contribution in [0.5, 0.6) is 0 Å². The van der Waals surface area contributed by atoms with E-state index in [4.69, 9.17) is 4.42 Å². The van der Waals surface area contributed by atoms with Crippen LogP contribution < -0.4 is 5.63 Å². The molecule has 0 radical (unpaired) electrons. The minimum atomic E-state index is -0.253. The maximum Gasteiger partial charge on any atom is 0.336 e. The van der Waals surface area contributed by atoms with Crippen LogP contribution in [0, 0.1) is 12.8 Å². The van der Waals surface area contributed by atoms with E-state index in [0.29, 0.717) is 5.58 Å². The van der Waals surface area contributed by atoms with Gasteiger partial charge in [-0.05, 0) is 68.0 Å². The van der Waals surface area contributed by atoms with Gasteiger partial charge in [0, 0.05) is 18.0 Å². The molecule has 3 nitrogen and oxygen atoms in total. The second kappa shape index (κ2) is 7.46. The second-order valence-corrected chi connectivity index (χ2v) is 7.50. The van der Waals surface area contributed by atoms with E-state index in [0.717, 1.165) is 42.1 Å². The molecular weight excluding hydrogens is 322 g/mol. The zero-order chi connectivity index (χ0) is 17.9. The topological polar surface area (TPSA) is 33.5 Å². The van der Waals surface area contributed by atoms with Gasteiger partial charge in [-0.15, -0.1) is 0 Å². The molecule has 0 aliphatic carbocycles. The van der Waals surface area contributed by atoms with Crippen LogP contribution in [0.1, 0.15) is 29.5 Å². The first kappa shape index (κ1) is 17.0. The molecule has 0 unspecified atom stereocenters. The SMILES string of the molecule is Cc1ccc2c(CN3CCC(Cc4ccccc4)CC3)cc(=O)oc2c1. The lowest BCUT2D eigenvalue weighted by Gasteiger charge is -2.32. The number of nitrogens with zero attached hydrogens (tertiary/aromatic N) is 1. The fraction of sp³-hybridized carbons (Fsp3) is 0.348. The van der Waals surface area contributed by atoms with E-state index >= 15 is 0 Å². The molecule has 2 aromatic carbocycles. The molecule has 26 heavy (non-hydrogen) atoms. The summed E-state index contributed by atoms with van der Waals surface area (Å²) in [6, 6.07) is 18.5. The number of hydrogen-bond acceptors (Lipinski definition) is 3. The highest BCUT2D eigenvalue weighted by Gasteiger charge is 2.20. The van der Waals surface area contributed by atoms with Gasteiger partial charge in [0.25, 0.3) is 0 Å². The van der Waals surface area contributed by atoms with Crippen molar-refractivity contribution in [2.45, 2.75) is 32.7 Å². The quantitative estimate of drug-likeness (QED) is 0.649. The van der Waals surface area contributed by atoms with Gasteiger partial charge >= 0.3 is 5.63 Å². The van der Waals surface area contributed by atoms with Crippen molar-refractivity contribution in [1.29, 1.82) is 0 Å². The van der Waals surface area contributed by atoms with E-state index in [-0.39, 0.29) is 5.63 Å². The largest absolute Gasteiger partial charge is 0.423 e. The summed E-state index contributed by atoms with van der Waals surface area (Å²) in [6.07, 6.45) is 3.60. The molecule has 3 aromatic rings. The minimum Gasteiger partial charge on any atom is -0.423 e. The van der Waals surface area contributed by atoms with Crippen LogP contribution in [0.2, 0.25) is 0 Å². The van der Waals surface area contributed by atoms with Crippen LogP contribution in [0.15, 0.2) is 63.8 Å². The first-order valence-corrected chi connectivity index (χ1v) is 9.47. The summed E-state index contributed by atoms with van der Waals surface area (Å²) in [6.45, 7) is 5.02. The van der Waals surface area contributed by atoms with Crippen LogP contribution in [0.3, 0.4) is 0 Å². The van der Waals surface area contributed by atoms with Crippen molar-refractivity contribution < 1.29 is 4.42 Å². The third-order valence-corrected chi connectivity index (χ3v) is 5.45. The Bertz CT molecular complexity index is 937. The van der Waals surface area contributed by atoms with Gasteiger partial charge in [0.1, 0.15) is 5.58 Å². The first-order valence-electron chi connectivity index (χ1n) is 9.47. The Labute approximate surface area is 154 Å². The Morgan fingerprint density at radius 1 is 1.04 bits per heavy atom. The minimum absolute atomic E-state index is 0.253. The van der Waals surface area contributed by atoms with Gasteiger partial charge in [-0.3, -0.25) is 4.90 Å². The van der Waals surface area contributed by atoms with Crippen LogP contribution >= 0.6 is 0 Å². The van der Waals surface area contributed by atoms with E-state index < -0.39 is 0 Å². The van der Waals surface area contributed by atoms with Gasteiger partial charge in [0.15, 0.2) is 0 Å². The van der Waals surface area contributed by atoms with E-state index in [2.05, 4.69) is 47.4 Å². The molecule has 3 heteroatoms. The summed E-state index contributed by atoms with van der Waals surface area (Å²) in [5.74, 6) is 0.758. The Morgan fingerprint density at radius 2 is 1.81 bits per heavy atom. The Hall–Kier alpha value is -2.39. The van der Waals surface area contributed by atoms with Crippen LogP contribution in [0.4, 0.5) is 0 Å². The zero-order valence-corrected chi connectivity index (χ0v) is 15.3. The number of aryl methyl sites for hydroxylation is 1. The Morgan fingerprint density at radius 3 is 2.58 bits per heavy atom. The maximum atomic E-state index is 11.9. The van der Waals surface area contributed by atoms with Crippen molar-refractivity contribution in [3.63, 3.8) is 0 Å². The smallest absolute Gasteiger partial charge is 0.336 e. The van der Waals surface area contributed by atoms with Crippen LogP contribution in [-0.4, -0.2) is 18.0 Å². The van der Waals surface area contributed by atoms with E-state index in [1.165, 1.54) is 24.8 Å². The molecule has 0 amide bonds. The molecule has 1 aliphatic rings. The molecule has 0 atom stereocenters. The number of fused-ring (bicyclic) bond motifs is 1. The molecular formula is C23H25NO2. The molecule has 1 aliphatic heterocycles. The highest BCUT2D eigenvalue weighted by Crippen LogP contribution is 2.25. The summed E-state index contributed by atoms with van der Waals surface area (Å²) < 4.78 is 5.38. The summed E-state index contributed by atoms with van der Waals surface area (Å²) in [7, 11) is 0. The van der Waals surface area contributed by atoms with Crippen molar-refractivity contribution in [3.8, 4) is 0 Å². The summed E-state index contributed by atoms with van der Waals surface area (Å²) in [4.78, 5) is 14.4. The van der Waals surface area contributed by atoms with Crippen molar-refractivity contribution in [2.75, 3.05) is 13.1 Å². The third kappa shape index (κ3) is 3.88. The van der Waals surface area contributed by atoms with Crippen LogP contribution in [-0.2, 0) is 13.0 Å². The summed E-state index contributed by atoms with van der Waals surface area (Å²) in [5.41, 5.74) is 4.08. The van der Waals surface area contributed by atoms with E-state index in [1.807, 2.05) is 13.0 Å². The third-order valence-electron chi connectivity index (χ3n) is 5.45. The van der Waals surface area contributed by atoms with Crippen molar-refractivity contribution >= 4 is 11.0 Å². The van der Waals surface area contributed by atoms with Crippen molar-refractivity contribution in [2.24, 2.45) is 5.92 Å². The standard InChI is InChI=1S/C23H25NO2/c1-17-7-8-21-20(15-23(25)26-22(21)13-17)16-24-11-9-19(10-12-24)14-18-5-3-2-4-6-18/h2-8,13,15,19H,9-12,14,16H2,1H3. The number of rotatable bonds is 4. The lowest BCUT2D eigenvalue weighted by molar-refractivity contribution is 0.177. The number of hydrogen-bond donors (Lipinski definition) is 0. The van der Waals surface area contributed by atoms with Gasteiger partial charge in [0.05, 0.1) is 0 Å². The molecule has 0 bridgehead atoms. The average molecular weight is 347 g/mol. The molecule has 1 saturated heterocycles. The average Bonchev–Trinajstić information content (AvgIpc) is 2.64. The molecule has 1 aromatic heterocycles. The summed E-state index contributed by atoms with van der Waals surface area (Å²) in [5, 5.41) is 1.06. The number of benzene rings is 2. The molecule has 4 rings (SSSR count). The number of likely N-dealkylation sites (tertiary alicyclic amines) is 1. The van der Waals surface area contributed by atoms with Gasteiger partial charge in [0.2, 0.25) is 0 Å². The van der Waals surface area contributed by atoms with E-state index in [1.54, 1.807) is 6.07 Å². The fourth-order valence-corrected chi connectivity index (χ4v) is 4.00. The fourth-order valence-electron chi connectivity index (χ4n) is 4.00. The molecule has 0 N–H and O–H groups in total. The van der Waals surface area contributed by atoms with Gasteiger partial charge in [-0.2, -0.15) is 0 Å². The lowest BCUT2D eigenvalue weighted by atomic mass is 9.90. The zero-order valence-electron chi connectivity index (χ0n) is 15.3. The second-order valence-electron chi connectivity index (χ2n) is 7.50. The van der Waals surface area contributed by atoms with Crippen LogP contribution in [0.25, 0.3) is 11.0 Å². The highest BCUT2D eigenvalue weighted by atomic mass is 16.4. The predicted molar refractivity (Wildman–Crippen MR) is 105 cm³/mol. The van der Waals surface area contributed by atoms with Crippen molar-refractivity contribution in [3.05, 3.63) is 81.7 Å². The highest BCUT2D eigenvalue weighted by molar-refractivity contribution is 5.80.